The summed E-state index contributed by atoms with van der Waals surface area (Å²) in [5.41, 5.74) is 5.64. The fourth-order valence-corrected chi connectivity index (χ4v) is 3.59. The molecule has 212 valence electrons. The van der Waals surface area contributed by atoms with Crippen LogP contribution in [0.4, 0.5) is 0 Å². The number of carbonyl (C=O) groups is 2. The molecule has 0 unspecified atom stereocenters. The summed E-state index contributed by atoms with van der Waals surface area (Å²) >= 11 is 0. The summed E-state index contributed by atoms with van der Waals surface area (Å²) in [6.45, 7) is 6.40. The smallest absolute Gasteiger partial charge is 0.101 e. The van der Waals surface area contributed by atoms with Crippen molar-refractivity contribution in [1.82, 2.24) is 0 Å². The molecule has 40 heavy (non-hydrogen) atoms. The summed E-state index contributed by atoms with van der Waals surface area (Å²) < 4.78 is 0. The Kier molecular flexibility index (Phi) is 19.2. The standard InChI is InChI=1S/2C15H17N.2C2H4O2/c2*1-3-7-14(8-4-1)11-12-16-13-15-9-5-2-6-10-15;2*1-2(3)4/h2*1-10,16H,11-13H2;2*1H3,(H,3,4). The number of quaternary nitrogens is 2. The van der Waals surface area contributed by atoms with E-state index in [9.17, 15) is 0 Å². The highest BCUT2D eigenvalue weighted by molar-refractivity contribution is 5.60. The summed E-state index contributed by atoms with van der Waals surface area (Å²) in [7, 11) is 0. The van der Waals surface area contributed by atoms with Crippen molar-refractivity contribution in [3.8, 4) is 0 Å². The minimum absolute atomic E-state index is 0.972. The van der Waals surface area contributed by atoms with Crippen molar-refractivity contribution >= 4 is 11.9 Å². The second-order valence-electron chi connectivity index (χ2n) is 8.99. The lowest BCUT2D eigenvalue weighted by atomic mass is 10.1. The van der Waals surface area contributed by atoms with Gasteiger partial charge in [0.05, 0.1) is 13.1 Å². The maximum atomic E-state index is 8.89. The Hall–Kier alpha value is -4.26. The molecule has 0 atom stereocenters. The van der Waals surface area contributed by atoms with E-state index in [1.807, 2.05) is 0 Å². The average Bonchev–Trinajstić information content (AvgIpc) is 2.96. The van der Waals surface area contributed by atoms with Gasteiger partial charge in [-0.15, -0.1) is 0 Å². The molecule has 0 radical (unpaired) electrons. The van der Waals surface area contributed by atoms with Crippen LogP contribution in [0.5, 0.6) is 0 Å². The van der Waals surface area contributed by atoms with E-state index in [0.29, 0.717) is 0 Å². The minimum Gasteiger partial charge on any atom is -0.550 e. The second-order valence-corrected chi connectivity index (χ2v) is 8.99. The van der Waals surface area contributed by atoms with Gasteiger partial charge in [0.2, 0.25) is 0 Å². The van der Waals surface area contributed by atoms with Crippen LogP contribution in [0.1, 0.15) is 36.1 Å². The topological polar surface area (TPSA) is 113 Å². The highest BCUT2D eigenvalue weighted by atomic mass is 16.4. The SMILES string of the molecule is CC(=O)[O-].CC(=O)[O-].c1ccc(CC[NH2+]Cc2ccccc2)cc1.c1ccc(CC[NH2+]Cc2ccccc2)cc1. The molecule has 0 spiro atoms. The lowest BCUT2D eigenvalue weighted by Crippen LogP contribution is -2.83. The molecule has 0 saturated heterocycles. The summed E-state index contributed by atoms with van der Waals surface area (Å²) in [4.78, 5) is 17.8. The van der Waals surface area contributed by atoms with E-state index in [1.54, 1.807) is 0 Å². The molecule has 0 fully saturated rings. The van der Waals surface area contributed by atoms with Gasteiger partial charge < -0.3 is 30.4 Å². The normalized spacial score (nSPS) is 9.45. The van der Waals surface area contributed by atoms with Crippen LogP contribution in [0.3, 0.4) is 0 Å². The van der Waals surface area contributed by atoms with Gasteiger partial charge in [0, 0.05) is 35.9 Å². The van der Waals surface area contributed by atoms with E-state index in [1.165, 1.54) is 22.3 Å². The van der Waals surface area contributed by atoms with Crippen LogP contribution in [0, 0.1) is 0 Å². The fourth-order valence-electron chi connectivity index (χ4n) is 3.59. The molecule has 0 aliphatic heterocycles. The molecule has 4 N–H and O–H groups in total. The van der Waals surface area contributed by atoms with Crippen LogP contribution in [-0.4, -0.2) is 25.0 Å². The molecule has 4 aromatic rings. The van der Waals surface area contributed by atoms with Crippen LogP contribution in [-0.2, 0) is 35.5 Å². The first-order valence-corrected chi connectivity index (χ1v) is 13.5. The minimum atomic E-state index is -1.08. The largest absolute Gasteiger partial charge is 0.550 e. The number of rotatable bonds is 10. The van der Waals surface area contributed by atoms with Gasteiger partial charge in [0.25, 0.3) is 0 Å². The van der Waals surface area contributed by atoms with Crippen molar-refractivity contribution < 1.29 is 30.4 Å². The second kappa shape index (κ2) is 22.7. The Bertz CT molecular complexity index is 970. The van der Waals surface area contributed by atoms with Crippen molar-refractivity contribution in [3.63, 3.8) is 0 Å². The van der Waals surface area contributed by atoms with Gasteiger partial charge in [0.15, 0.2) is 0 Å². The predicted molar refractivity (Wildman–Crippen MR) is 156 cm³/mol. The van der Waals surface area contributed by atoms with Gasteiger partial charge in [-0.25, -0.2) is 0 Å². The first kappa shape index (κ1) is 33.8. The number of carboxylic acids is 2. The van der Waals surface area contributed by atoms with E-state index in [4.69, 9.17) is 19.8 Å². The molecule has 6 nitrogen and oxygen atoms in total. The summed E-state index contributed by atoms with van der Waals surface area (Å²) in [5.74, 6) is -2.17. The van der Waals surface area contributed by atoms with Crippen LogP contribution < -0.4 is 20.8 Å². The van der Waals surface area contributed by atoms with E-state index in [0.717, 1.165) is 52.9 Å². The third-order valence-electron chi connectivity index (χ3n) is 5.41. The number of carbonyl (C=O) groups excluding carboxylic acids is 2. The molecule has 4 aromatic carbocycles. The lowest BCUT2D eigenvalue weighted by molar-refractivity contribution is -0.670. The number of carboxylic acid groups (broad SMARTS) is 2. The molecule has 0 aliphatic rings. The quantitative estimate of drug-likeness (QED) is 0.296. The summed E-state index contributed by atoms with van der Waals surface area (Å²) in [5, 5.41) is 22.5. The Morgan fingerprint density at radius 2 is 0.700 bits per heavy atom. The Labute approximate surface area is 238 Å². The number of benzene rings is 4. The Morgan fingerprint density at radius 3 is 0.950 bits per heavy atom. The predicted octanol–water partition coefficient (Wildman–Crippen LogP) is 1.50. The molecule has 0 saturated carbocycles. The van der Waals surface area contributed by atoms with Crippen molar-refractivity contribution in [2.24, 2.45) is 0 Å². The number of aliphatic carboxylic acids is 2. The van der Waals surface area contributed by atoms with E-state index >= 15 is 0 Å². The van der Waals surface area contributed by atoms with Crippen molar-refractivity contribution in [2.75, 3.05) is 13.1 Å². The molecular weight excluding hydrogens is 500 g/mol. The maximum absolute atomic E-state index is 8.89. The van der Waals surface area contributed by atoms with Gasteiger partial charge >= 0.3 is 0 Å². The Balaban J connectivity index is 0.000000317. The zero-order chi connectivity index (χ0) is 29.3. The zero-order valence-electron chi connectivity index (χ0n) is 23.6. The van der Waals surface area contributed by atoms with E-state index in [2.05, 4.69) is 132 Å². The van der Waals surface area contributed by atoms with Gasteiger partial charge in [0.1, 0.15) is 13.1 Å². The molecule has 0 aliphatic carbocycles. The molecule has 0 heterocycles. The van der Waals surface area contributed by atoms with Crippen molar-refractivity contribution in [3.05, 3.63) is 144 Å². The molecule has 6 heteroatoms. The molecule has 0 amide bonds. The van der Waals surface area contributed by atoms with E-state index in [-0.39, 0.29) is 0 Å². The summed E-state index contributed by atoms with van der Waals surface area (Å²) in [6, 6.07) is 42.5. The Morgan fingerprint density at radius 1 is 0.475 bits per heavy atom. The molecule has 0 aromatic heterocycles. The number of hydrogen-bond acceptors (Lipinski definition) is 4. The highest BCUT2D eigenvalue weighted by Crippen LogP contribution is 1.99. The molecule has 4 rings (SSSR count). The van der Waals surface area contributed by atoms with Gasteiger partial charge in [-0.2, -0.15) is 0 Å². The van der Waals surface area contributed by atoms with Crippen LogP contribution in [0.15, 0.2) is 121 Å². The van der Waals surface area contributed by atoms with Crippen LogP contribution in [0.2, 0.25) is 0 Å². The molecule has 0 bridgehead atoms. The first-order chi connectivity index (χ1) is 19.4. The highest BCUT2D eigenvalue weighted by Gasteiger charge is 1.96. The number of nitrogens with two attached hydrogens (primary N) is 2. The molecular formula is C34H42N2O4. The monoisotopic (exact) mass is 542 g/mol. The maximum Gasteiger partial charge on any atom is 0.101 e. The van der Waals surface area contributed by atoms with Crippen molar-refractivity contribution in [1.29, 1.82) is 0 Å². The first-order valence-electron chi connectivity index (χ1n) is 13.5. The van der Waals surface area contributed by atoms with Crippen LogP contribution >= 0.6 is 0 Å². The third kappa shape index (κ3) is 20.8. The van der Waals surface area contributed by atoms with Gasteiger partial charge in [-0.3, -0.25) is 0 Å². The van der Waals surface area contributed by atoms with Crippen LogP contribution in [0.25, 0.3) is 0 Å². The van der Waals surface area contributed by atoms with E-state index < -0.39 is 11.9 Å². The van der Waals surface area contributed by atoms with Gasteiger partial charge in [-0.05, 0) is 25.0 Å². The average molecular weight is 543 g/mol. The summed E-state index contributed by atoms with van der Waals surface area (Å²) in [6.07, 6.45) is 2.29. The lowest BCUT2D eigenvalue weighted by Gasteiger charge is -2.02. The van der Waals surface area contributed by atoms with Gasteiger partial charge in [-0.1, -0.05) is 121 Å². The third-order valence-corrected chi connectivity index (χ3v) is 5.41. The van der Waals surface area contributed by atoms with Crippen molar-refractivity contribution in [2.45, 2.75) is 39.8 Å². The fraction of sp³-hybridized carbons (Fsp3) is 0.235. The number of hydrogen-bond donors (Lipinski definition) is 2. The zero-order valence-corrected chi connectivity index (χ0v) is 23.6.